The minimum atomic E-state index is -0.342. The number of hydrogen-bond acceptors (Lipinski definition) is 2. The lowest BCUT2D eigenvalue weighted by Crippen LogP contribution is -2.43. The van der Waals surface area contributed by atoms with Crippen LogP contribution in [-0.2, 0) is 0 Å². The molecule has 0 radical (unpaired) electrons. The third-order valence-corrected chi connectivity index (χ3v) is 5.35. The number of likely N-dealkylation sites (tertiary alicyclic amines) is 1. The van der Waals surface area contributed by atoms with Crippen LogP contribution in [0.15, 0.2) is 0 Å². The highest BCUT2D eigenvalue weighted by Gasteiger charge is 2.38. The first-order valence-electron chi connectivity index (χ1n) is 7.70. The van der Waals surface area contributed by atoms with E-state index in [1.54, 1.807) is 0 Å². The molecular weight excluding hydrogens is 210 g/mol. The van der Waals surface area contributed by atoms with Gasteiger partial charge in [-0.15, -0.1) is 0 Å². The Bertz CT molecular complexity index is 246. The average molecular weight is 237 g/mol. The molecule has 3 rings (SSSR count). The summed E-state index contributed by atoms with van der Waals surface area (Å²) >= 11 is 0. The number of β-amino-alcohol motifs (C(OH)–C–C–N with tert-alkyl or cyclic N) is 1. The van der Waals surface area contributed by atoms with Gasteiger partial charge >= 0.3 is 0 Å². The lowest BCUT2D eigenvalue weighted by atomic mass is 9.82. The third-order valence-electron chi connectivity index (χ3n) is 5.35. The second kappa shape index (κ2) is 4.89. The van der Waals surface area contributed by atoms with Gasteiger partial charge in [-0.1, -0.05) is 32.1 Å². The fraction of sp³-hybridized carbons (Fsp3) is 1.00. The first-order valence-corrected chi connectivity index (χ1v) is 7.70. The van der Waals surface area contributed by atoms with Crippen molar-refractivity contribution in [2.75, 3.05) is 19.6 Å². The minimum absolute atomic E-state index is 0.342. The van der Waals surface area contributed by atoms with Crippen LogP contribution in [0.4, 0.5) is 0 Å². The molecule has 0 bridgehead atoms. The highest BCUT2D eigenvalue weighted by Crippen LogP contribution is 2.38. The molecule has 1 saturated heterocycles. The Balaban J connectivity index is 1.55. The topological polar surface area (TPSA) is 23.5 Å². The monoisotopic (exact) mass is 237 g/mol. The van der Waals surface area contributed by atoms with Crippen molar-refractivity contribution in [3.63, 3.8) is 0 Å². The molecule has 2 aliphatic carbocycles. The van der Waals surface area contributed by atoms with Crippen LogP contribution in [0.25, 0.3) is 0 Å². The van der Waals surface area contributed by atoms with E-state index in [9.17, 15) is 5.11 Å². The van der Waals surface area contributed by atoms with Crippen molar-refractivity contribution in [3.05, 3.63) is 0 Å². The molecule has 0 aromatic rings. The molecule has 2 unspecified atom stereocenters. The van der Waals surface area contributed by atoms with Gasteiger partial charge in [0.05, 0.1) is 5.60 Å². The molecule has 3 aliphatic rings. The molecule has 1 N–H and O–H groups in total. The van der Waals surface area contributed by atoms with Gasteiger partial charge < -0.3 is 5.11 Å². The second-order valence-corrected chi connectivity index (χ2v) is 6.78. The van der Waals surface area contributed by atoms with Gasteiger partial charge in [-0.2, -0.15) is 0 Å². The van der Waals surface area contributed by atoms with Crippen LogP contribution < -0.4 is 0 Å². The normalized spacial score (nSPS) is 37.9. The van der Waals surface area contributed by atoms with Gasteiger partial charge in [0.2, 0.25) is 0 Å². The van der Waals surface area contributed by atoms with E-state index in [0.717, 1.165) is 31.2 Å². The molecule has 17 heavy (non-hydrogen) atoms. The van der Waals surface area contributed by atoms with Gasteiger partial charge in [0, 0.05) is 19.6 Å². The lowest BCUT2D eigenvalue weighted by Gasteiger charge is -2.35. The molecular formula is C15H27NO. The SMILES string of the molecule is OC1(CN2CC3CCCCC3C2)CCCCC1. The van der Waals surface area contributed by atoms with Crippen molar-refractivity contribution in [2.24, 2.45) is 11.8 Å². The maximum atomic E-state index is 10.6. The van der Waals surface area contributed by atoms with Crippen LogP contribution in [0.5, 0.6) is 0 Å². The summed E-state index contributed by atoms with van der Waals surface area (Å²) in [6.07, 6.45) is 11.7. The molecule has 3 fully saturated rings. The summed E-state index contributed by atoms with van der Waals surface area (Å²) in [5.74, 6) is 1.91. The fourth-order valence-corrected chi connectivity index (χ4v) is 4.42. The van der Waals surface area contributed by atoms with Crippen molar-refractivity contribution in [1.82, 2.24) is 4.90 Å². The Hall–Kier alpha value is -0.0800. The zero-order valence-corrected chi connectivity index (χ0v) is 11.0. The predicted octanol–water partition coefficient (Wildman–Crippen LogP) is 2.80. The van der Waals surface area contributed by atoms with Crippen molar-refractivity contribution in [3.8, 4) is 0 Å². The summed E-state index contributed by atoms with van der Waals surface area (Å²) in [6, 6.07) is 0. The maximum absolute atomic E-state index is 10.6. The molecule has 0 aromatic carbocycles. The van der Waals surface area contributed by atoms with E-state index in [-0.39, 0.29) is 5.60 Å². The van der Waals surface area contributed by atoms with E-state index >= 15 is 0 Å². The highest BCUT2D eigenvalue weighted by molar-refractivity contribution is 4.92. The average Bonchev–Trinajstić information content (AvgIpc) is 2.71. The van der Waals surface area contributed by atoms with Crippen LogP contribution in [0.1, 0.15) is 57.8 Å². The molecule has 98 valence electrons. The number of hydrogen-bond donors (Lipinski definition) is 1. The van der Waals surface area contributed by atoms with Gasteiger partial charge in [-0.3, -0.25) is 4.90 Å². The van der Waals surface area contributed by atoms with Crippen LogP contribution in [0.2, 0.25) is 0 Å². The first-order chi connectivity index (χ1) is 8.25. The summed E-state index contributed by atoms with van der Waals surface area (Å²) in [4.78, 5) is 2.58. The Morgan fingerprint density at radius 2 is 1.47 bits per heavy atom. The van der Waals surface area contributed by atoms with E-state index in [1.807, 2.05) is 0 Å². The van der Waals surface area contributed by atoms with E-state index in [4.69, 9.17) is 0 Å². The number of aliphatic hydroxyl groups is 1. The van der Waals surface area contributed by atoms with E-state index < -0.39 is 0 Å². The molecule has 0 aromatic heterocycles. The smallest absolute Gasteiger partial charge is 0.0774 e. The molecule has 2 saturated carbocycles. The van der Waals surface area contributed by atoms with Crippen LogP contribution in [0, 0.1) is 11.8 Å². The van der Waals surface area contributed by atoms with Gasteiger partial charge in [-0.05, 0) is 37.5 Å². The summed E-state index contributed by atoms with van der Waals surface area (Å²) in [7, 11) is 0. The first kappa shape index (κ1) is 12.0. The fourth-order valence-electron chi connectivity index (χ4n) is 4.42. The molecule has 1 aliphatic heterocycles. The lowest BCUT2D eigenvalue weighted by molar-refractivity contribution is -0.0225. The van der Waals surface area contributed by atoms with Crippen LogP contribution in [-0.4, -0.2) is 35.2 Å². The van der Waals surface area contributed by atoms with Gasteiger partial charge in [0.1, 0.15) is 0 Å². The van der Waals surface area contributed by atoms with Crippen molar-refractivity contribution in [1.29, 1.82) is 0 Å². The minimum Gasteiger partial charge on any atom is -0.389 e. The Morgan fingerprint density at radius 1 is 0.882 bits per heavy atom. The van der Waals surface area contributed by atoms with Crippen LogP contribution >= 0.6 is 0 Å². The Morgan fingerprint density at radius 3 is 2.06 bits per heavy atom. The summed E-state index contributed by atoms with van der Waals surface area (Å²) in [6.45, 7) is 3.50. The molecule has 0 amide bonds. The third kappa shape index (κ3) is 2.68. The summed E-state index contributed by atoms with van der Waals surface area (Å²) in [5.41, 5.74) is -0.342. The van der Waals surface area contributed by atoms with E-state index in [0.29, 0.717) is 0 Å². The van der Waals surface area contributed by atoms with E-state index in [1.165, 1.54) is 58.0 Å². The number of rotatable bonds is 2. The largest absolute Gasteiger partial charge is 0.389 e. The maximum Gasteiger partial charge on any atom is 0.0774 e. The van der Waals surface area contributed by atoms with Gasteiger partial charge in [-0.25, -0.2) is 0 Å². The van der Waals surface area contributed by atoms with Crippen LogP contribution in [0.3, 0.4) is 0 Å². The highest BCUT2D eigenvalue weighted by atomic mass is 16.3. The standard InChI is InChI=1S/C15H27NO/c17-15(8-4-1-5-9-15)12-16-10-13-6-2-3-7-14(13)11-16/h13-14,17H,1-12H2. The Labute approximate surface area is 105 Å². The summed E-state index contributed by atoms with van der Waals surface area (Å²) in [5, 5.41) is 10.6. The number of fused-ring (bicyclic) bond motifs is 1. The van der Waals surface area contributed by atoms with Crippen molar-refractivity contribution in [2.45, 2.75) is 63.4 Å². The number of nitrogens with zero attached hydrogens (tertiary/aromatic N) is 1. The predicted molar refractivity (Wildman–Crippen MR) is 69.9 cm³/mol. The second-order valence-electron chi connectivity index (χ2n) is 6.78. The molecule has 2 atom stereocenters. The zero-order chi connectivity index (χ0) is 11.7. The zero-order valence-electron chi connectivity index (χ0n) is 11.0. The molecule has 0 spiro atoms. The van der Waals surface area contributed by atoms with E-state index in [2.05, 4.69) is 4.90 Å². The summed E-state index contributed by atoms with van der Waals surface area (Å²) < 4.78 is 0. The molecule has 1 heterocycles. The molecule has 2 nitrogen and oxygen atoms in total. The van der Waals surface area contributed by atoms with Crippen molar-refractivity contribution < 1.29 is 5.11 Å². The Kier molecular flexibility index (Phi) is 3.45. The van der Waals surface area contributed by atoms with Gasteiger partial charge in [0.15, 0.2) is 0 Å². The molecule has 2 heteroatoms. The quantitative estimate of drug-likeness (QED) is 0.798. The van der Waals surface area contributed by atoms with Gasteiger partial charge in [0.25, 0.3) is 0 Å². The van der Waals surface area contributed by atoms with Crippen molar-refractivity contribution >= 4 is 0 Å².